The molecule has 2 N–H and O–H groups in total. The van der Waals surface area contributed by atoms with Gasteiger partial charge in [-0.05, 0) is 37.8 Å². The Morgan fingerprint density at radius 2 is 2.22 bits per heavy atom. The molecule has 18 heavy (non-hydrogen) atoms. The molecule has 1 fully saturated rings. The first-order chi connectivity index (χ1) is 8.38. The highest BCUT2D eigenvalue weighted by Crippen LogP contribution is 2.33. The van der Waals surface area contributed by atoms with E-state index in [2.05, 4.69) is 4.72 Å². The van der Waals surface area contributed by atoms with Gasteiger partial charge in [0, 0.05) is 10.9 Å². The van der Waals surface area contributed by atoms with Crippen LogP contribution >= 0.6 is 11.3 Å². The number of thiophene rings is 1. The van der Waals surface area contributed by atoms with E-state index >= 15 is 0 Å². The van der Waals surface area contributed by atoms with Crippen molar-refractivity contribution in [3.8, 4) is 0 Å². The molecule has 100 valence electrons. The van der Waals surface area contributed by atoms with Crippen LogP contribution in [0.3, 0.4) is 0 Å². The molecule has 0 radical (unpaired) electrons. The van der Waals surface area contributed by atoms with Crippen molar-refractivity contribution in [2.45, 2.75) is 36.4 Å². The number of aliphatic carboxylic acids is 1. The molecule has 1 aliphatic rings. The maximum absolute atomic E-state index is 12.0. The van der Waals surface area contributed by atoms with E-state index in [1.54, 1.807) is 6.07 Å². The second-order valence-electron chi connectivity index (χ2n) is 4.54. The minimum Gasteiger partial charge on any atom is -0.481 e. The molecule has 2 rings (SSSR count). The zero-order valence-electron chi connectivity index (χ0n) is 9.92. The molecule has 1 saturated carbocycles. The highest BCUT2D eigenvalue weighted by Gasteiger charge is 2.31. The Morgan fingerprint density at radius 3 is 2.78 bits per heavy atom. The Balaban J connectivity index is 2.08. The van der Waals surface area contributed by atoms with Gasteiger partial charge in [-0.3, -0.25) is 4.79 Å². The standard InChI is InChI=1S/C11H15NO4S2/c1-7(8-2-3-8)12-18(15,16)11-5-4-9(17-11)6-10(13)14/h4-5,7-8,12H,2-3,6H2,1H3,(H,13,14). The van der Waals surface area contributed by atoms with E-state index in [9.17, 15) is 13.2 Å². The summed E-state index contributed by atoms with van der Waals surface area (Å²) in [5.74, 6) is -0.515. The van der Waals surface area contributed by atoms with Crippen molar-refractivity contribution in [3.05, 3.63) is 17.0 Å². The molecule has 1 aliphatic carbocycles. The molecule has 0 aliphatic heterocycles. The Labute approximate surface area is 110 Å². The van der Waals surface area contributed by atoms with Gasteiger partial charge in [-0.25, -0.2) is 13.1 Å². The molecule has 1 atom stereocenters. The average Bonchev–Trinajstić information content (AvgIpc) is 2.98. The third kappa shape index (κ3) is 3.30. The van der Waals surface area contributed by atoms with Gasteiger partial charge in [-0.1, -0.05) is 0 Å². The summed E-state index contributed by atoms with van der Waals surface area (Å²) in [6.45, 7) is 1.86. The number of nitrogens with one attached hydrogen (secondary N) is 1. The number of carbonyl (C=O) groups is 1. The smallest absolute Gasteiger partial charge is 0.308 e. The van der Waals surface area contributed by atoms with E-state index in [1.807, 2.05) is 6.92 Å². The summed E-state index contributed by atoms with van der Waals surface area (Å²) in [7, 11) is -3.50. The van der Waals surface area contributed by atoms with Crippen molar-refractivity contribution in [1.82, 2.24) is 4.72 Å². The summed E-state index contributed by atoms with van der Waals surface area (Å²) in [6.07, 6.45) is 2.00. The first-order valence-corrected chi connectivity index (χ1v) is 8.01. The van der Waals surface area contributed by atoms with Crippen LogP contribution in [-0.4, -0.2) is 25.5 Å². The van der Waals surface area contributed by atoms with Crippen LogP contribution in [0.2, 0.25) is 0 Å². The summed E-state index contributed by atoms with van der Waals surface area (Å²) in [4.78, 5) is 11.1. The van der Waals surface area contributed by atoms with Crippen LogP contribution in [0.15, 0.2) is 16.3 Å². The van der Waals surface area contributed by atoms with E-state index in [0.29, 0.717) is 10.8 Å². The lowest BCUT2D eigenvalue weighted by Crippen LogP contribution is -2.33. The fourth-order valence-electron chi connectivity index (χ4n) is 1.74. The Hall–Kier alpha value is -0.920. The summed E-state index contributed by atoms with van der Waals surface area (Å²) in [6, 6.07) is 2.96. The van der Waals surface area contributed by atoms with E-state index in [-0.39, 0.29) is 16.7 Å². The number of carboxylic acids is 1. The van der Waals surface area contributed by atoms with Gasteiger partial charge in [0.15, 0.2) is 0 Å². The number of rotatable bonds is 6. The summed E-state index contributed by atoms with van der Waals surface area (Å²) in [5, 5.41) is 8.65. The number of sulfonamides is 1. The van der Waals surface area contributed by atoms with Gasteiger partial charge >= 0.3 is 5.97 Å². The maximum Gasteiger partial charge on any atom is 0.308 e. The molecule has 1 aromatic rings. The van der Waals surface area contributed by atoms with Crippen LogP contribution in [0.5, 0.6) is 0 Å². The van der Waals surface area contributed by atoms with Crippen molar-refractivity contribution in [2.75, 3.05) is 0 Å². The average molecular weight is 289 g/mol. The number of hydrogen-bond donors (Lipinski definition) is 2. The van der Waals surface area contributed by atoms with Crippen molar-refractivity contribution in [1.29, 1.82) is 0 Å². The molecule has 5 nitrogen and oxygen atoms in total. The largest absolute Gasteiger partial charge is 0.481 e. The van der Waals surface area contributed by atoms with Gasteiger partial charge in [-0.2, -0.15) is 0 Å². The van der Waals surface area contributed by atoms with Gasteiger partial charge in [-0.15, -0.1) is 11.3 Å². The van der Waals surface area contributed by atoms with E-state index in [0.717, 1.165) is 24.2 Å². The first kappa shape index (κ1) is 13.5. The van der Waals surface area contributed by atoms with Crippen LogP contribution in [0, 0.1) is 5.92 Å². The minimum atomic E-state index is -3.50. The number of carboxylic acid groups (broad SMARTS) is 1. The van der Waals surface area contributed by atoms with Gasteiger partial charge in [0.05, 0.1) is 6.42 Å². The molecule has 7 heteroatoms. The summed E-state index contributed by atoms with van der Waals surface area (Å²) in [5.41, 5.74) is 0. The lowest BCUT2D eigenvalue weighted by atomic mass is 10.2. The van der Waals surface area contributed by atoms with E-state index < -0.39 is 16.0 Å². The lowest BCUT2D eigenvalue weighted by Gasteiger charge is -2.11. The van der Waals surface area contributed by atoms with Crippen LogP contribution in [0.4, 0.5) is 0 Å². The van der Waals surface area contributed by atoms with Crippen molar-refractivity contribution >= 4 is 27.3 Å². The molecule has 0 amide bonds. The Morgan fingerprint density at radius 1 is 1.56 bits per heavy atom. The predicted molar refractivity (Wildman–Crippen MR) is 68.2 cm³/mol. The summed E-state index contributed by atoms with van der Waals surface area (Å²) >= 11 is 1.01. The highest BCUT2D eigenvalue weighted by molar-refractivity contribution is 7.91. The molecular formula is C11H15NO4S2. The molecule has 1 heterocycles. The molecule has 0 spiro atoms. The fraction of sp³-hybridized carbons (Fsp3) is 0.545. The second-order valence-corrected chi connectivity index (χ2v) is 7.65. The van der Waals surface area contributed by atoms with Crippen LogP contribution < -0.4 is 4.72 Å². The van der Waals surface area contributed by atoms with E-state index in [4.69, 9.17) is 5.11 Å². The van der Waals surface area contributed by atoms with Gasteiger partial charge < -0.3 is 5.11 Å². The van der Waals surface area contributed by atoms with Gasteiger partial charge in [0.1, 0.15) is 4.21 Å². The van der Waals surface area contributed by atoms with Crippen LogP contribution in [-0.2, 0) is 21.2 Å². The third-order valence-corrected chi connectivity index (χ3v) is 6.03. The molecule has 0 bridgehead atoms. The van der Waals surface area contributed by atoms with Crippen LogP contribution in [0.1, 0.15) is 24.6 Å². The monoisotopic (exact) mass is 289 g/mol. The highest BCUT2D eigenvalue weighted by atomic mass is 32.2. The summed E-state index contributed by atoms with van der Waals surface area (Å²) < 4.78 is 26.9. The van der Waals surface area contributed by atoms with Crippen LogP contribution in [0.25, 0.3) is 0 Å². The van der Waals surface area contributed by atoms with Crippen molar-refractivity contribution in [2.24, 2.45) is 5.92 Å². The van der Waals surface area contributed by atoms with Crippen molar-refractivity contribution in [3.63, 3.8) is 0 Å². The molecule has 1 unspecified atom stereocenters. The lowest BCUT2D eigenvalue weighted by molar-refractivity contribution is -0.136. The molecular weight excluding hydrogens is 274 g/mol. The maximum atomic E-state index is 12.0. The quantitative estimate of drug-likeness (QED) is 0.830. The van der Waals surface area contributed by atoms with Crippen molar-refractivity contribution < 1.29 is 18.3 Å². The van der Waals surface area contributed by atoms with E-state index in [1.165, 1.54) is 6.07 Å². The zero-order valence-corrected chi connectivity index (χ0v) is 11.6. The minimum absolute atomic E-state index is 0.0555. The fourth-order valence-corrected chi connectivity index (χ4v) is 4.42. The predicted octanol–water partition coefficient (Wildman–Crippen LogP) is 1.45. The first-order valence-electron chi connectivity index (χ1n) is 5.71. The zero-order chi connectivity index (χ0) is 13.3. The van der Waals surface area contributed by atoms with Gasteiger partial charge in [0.2, 0.25) is 10.0 Å². The molecule has 0 saturated heterocycles. The third-order valence-electron chi connectivity index (χ3n) is 2.90. The van der Waals surface area contributed by atoms with Gasteiger partial charge in [0.25, 0.3) is 0 Å². The normalized spacial score (nSPS) is 17.6. The SMILES string of the molecule is CC(NS(=O)(=O)c1ccc(CC(=O)O)s1)C1CC1. The molecule has 0 aromatic carbocycles. The molecule has 1 aromatic heterocycles. The Kier molecular flexibility index (Phi) is 3.74. The number of hydrogen-bond acceptors (Lipinski definition) is 4. The second kappa shape index (κ2) is 4.99. The Bertz CT molecular complexity index is 545. The topological polar surface area (TPSA) is 83.5 Å².